The van der Waals surface area contributed by atoms with Crippen LogP contribution in [-0.2, 0) is 19.5 Å². The lowest BCUT2D eigenvalue weighted by atomic mass is 10.2. The highest BCUT2D eigenvalue weighted by molar-refractivity contribution is 9.10. The predicted octanol–water partition coefficient (Wildman–Crippen LogP) is 3.34. The first-order chi connectivity index (χ1) is 12.5. The number of benzene rings is 1. The Balaban J connectivity index is 2.00. The van der Waals surface area contributed by atoms with Crippen molar-refractivity contribution in [1.29, 1.82) is 0 Å². The zero-order valence-electron chi connectivity index (χ0n) is 16.1. The first-order valence-corrected chi connectivity index (χ1v) is 9.90. The number of aliphatic imine (C=N–C) groups is 1. The SMILES string of the molecule is CCc1nncn1CCNC(=NCC(C)C)N(C)Cc1ccccc1Br. The summed E-state index contributed by atoms with van der Waals surface area (Å²) >= 11 is 3.63. The largest absolute Gasteiger partial charge is 0.354 e. The van der Waals surface area contributed by atoms with Gasteiger partial charge in [-0.2, -0.15) is 0 Å². The van der Waals surface area contributed by atoms with Gasteiger partial charge in [0.25, 0.3) is 0 Å². The van der Waals surface area contributed by atoms with Gasteiger partial charge in [0.05, 0.1) is 0 Å². The van der Waals surface area contributed by atoms with Gasteiger partial charge in [-0.1, -0.05) is 54.9 Å². The molecule has 26 heavy (non-hydrogen) atoms. The second-order valence-corrected chi connectivity index (χ2v) is 7.58. The summed E-state index contributed by atoms with van der Waals surface area (Å²) in [6.07, 6.45) is 2.67. The van der Waals surface area contributed by atoms with E-state index >= 15 is 0 Å². The minimum atomic E-state index is 0.521. The quantitative estimate of drug-likeness (QED) is 0.525. The fraction of sp³-hybridized carbons (Fsp3) is 0.526. The minimum absolute atomic E-state index is 0.521. The number of rotatable bonds is 8. The molecule has 1 aromatic heterocycles. The Bertz CT molecular complexity index is 710. The zero-order valence-corrected chi connectivity index (χ0v) is 17.7. The van der Waals surface area contributed by atoms with Crippen molar-refractivity contribution < 1.29 is 0 Å². The van der Waals surface area contributed by atoms with E-state index in [1.54, 1.807) is 6.33 Å². The fourth-order valence-electron chi connectivity index (χ4n) is 2.57. The maximum Gasteiger partial charge on any atom is 0.194 e. The highest BCUT2D eigenvalue weighted by atomic mass is 79.9. The van der Waals surface area contributed by atoms with Crippen LogP contribution < -0.4 is 5.32 Å². The lowest BCUT2D eigenvalue weighted by Crippen LogP contribution is -2.40. The van der Waals surface area contributed by atoms with Crippen LogP contribution in [0.5, 0.6) is 0 Å². The summed E-state index contributed by atoms with van der Waals surface area (Å²) in [5, 5.41) is 11.6. The van der Waals surface area contributed by atoms with Crippen molar-refractivity contribution in [3.63, 3.8) is 0 Å². The van der Waals surface area contributed by atoms with Crippen LogP contribution >= 0.6 is 15.9 Å². The summed E-state index contributed by atoms with van der Waals surface area (Å²) in [5.41, 5.74) is 1.24. The van der Waals surface area contributed by atoms with E-state index in [0.717, 1.165) is 48.9 Å². The van der Waals surface area contributed by atoms with Crippen molar-refractivity contribution in [2.45, 2.75) is 40.3 Å². The molecule has 0 bridgehead atoms. The van der Waals surface area contributed by atoms with Gasteiger partial charge in [-0.05, 0) is 17.5 Å². The summed E-state index contributed by atoms with van der Waals surface area (Å²) in [6.45, 7) is 9.64. The van der Waals surface area contributed by atoms with Gasteiger partial charge in [-0.25, -0.2) is 0 Å². The third-order valence-corrected chi connectivity index (χ3v) is 4.75. The molecule has 6 nitrogen and oxygen atoms in total. The molecule has 1 aromatic carbocycles. The van der Waals surface area contributed by atoms with Gasteiger partial charge in [-0.15, -0.1) is 10.2 Å². The van der Waals surface area contributed by atoms with Gasteiger partial charge in [0, 0.05) is 44.1 Å². The van der Waals surface area contributed by atoms with Gasteiger partial charge in [0.1, 0.15) is 12.2 Å². The second kappa shape index (κ2) is 10.3. The second-order valence-electron chi connectivity index (χ2n) is 6.73. The molecule has 0 aliphatic rings. The molecule has 0 fully saturated rings. The van der Waals surface area contributed by atoms with Crippen LogP contribution in [0.15, 0.2) is 40.1 Å². The predicted molar refractivity (Wildman–Crippen MR) is 110 cm³/mol. The average molecular weight is 421 g/mol. The molecule has 0 unspecified atom stereocenters. The third-order valence-electron chi connectivity index (χ3n) is 3.98. The smallest absolute Gasteiger partial charge is 0.194 e. The van der Waals surface area contributed by atoms with E-state index in [9.17, 15) is 0 Å². The molecule has 2 rings (SSSR count). The lowest BCUT2D eigenvalue weighted by molar-refractivity contribution is 0.466. The molecule has 0 atom stereocenters. The van der Waals surface area contributed by atoms with E-state index in [1.807, 2.05) is 6.07 Å². The number of nitrogens with zero attached hydrogens (tertiary/aromatic N) is 5. The number of nitrogens with one attached hydrogen (secondary N) is 1. The Morgan fingerprint density at radius 3 is 2.81 bits per heavy atom. The minimum Gasteiger partial charge on any atom is -0.354 e. The van der Waals surface area contributed by atoms with Crippen molar-refractivity contribution >= 4 is 21.9 Å². The van der Waals surface area contributed by atoms with Crippen LogP contribution in [0.25, 0.3) is 0 Å². The highest BCUT2D eigenvalue weighted by Gasteiger charge is 2.10. The Hall–Kier alpha value is -1.89. The first-order valence-electron chi connectivity index (χ1n) is 9.10. The zero-order chi connectivity index (χ0) is 18.9. The Morgan fingerprint density at radius 1 is 1.35 bits per heavy atom. The topological polar surface area (TPSA) is 58.3 Å². The van der Waals surface area contributed by atoms with Gasteiger partial charge in [0.2, 0.25) is 0 Å². The maximum atomic E-state index is 4.79. The molecule has 1 heterocycles. The van der Waals surface area contributed by atoms with Crippen molar-refractivity contribution in [2.24, 2.45) is 10.9 Å². The Morgan fingerprint density at radius 2 is 2.12 bits per heavy atom. The number of hydrogen-bond acceptors (Lipinski definition) is 3. The molecule has 7 heteroatoms. The van der Waals surface area contributed by atoms with E-state index in [4.69, 9.17) is 4.99 Å². The Kier molecular flexibility index (Phi) is 8.09. The molecule has 0 amide bonds. The summed E-state index contributed by atoms with van der Waals surface area (Å²) < 4.78 is 3.20. The molecule has 0 saturated heterocycles. The van der Waals surface area contributed by atoms with Crippen molar-refractivity contribution in [3.8, 4) is 0 Å². The van der Waals surface area contributed by atoms with Crippen LogP contribution in [0.1, 0.15) is 32.2 Å². The van der Waals surface area contributed by atoms with Gasteiger partial charge >= 0.3 is 0 Å². The standard InChI is InChI=1S/C19H29BrN6/c1-5-18-24-23-14-26(18)11-10-21-19(22-12-15(2)3)25(4)13-16-8-6-7-9-17(16)20/h6-9,14-15H,5,10-13H2,1-4H3,(H,21,22). The van der Waals surface area contributed by atoms with Gasteiger partial charge in [0.15, 0.2) is 5.96 Å². The molecule has 2 aromatic rings. The van der Waals surface area contributed by atoms with Gasteiger partial charge in [-0.3, -0.25) is 4.99 Å². The number of hydrogen-bond donors (Lipinski definition) is 1. The fourth-order valence-corrected chi connectivity index (χ4v) is 2.98. The molecule has 0 spiro atoms. The molecule has 0 saturated carbocycles. The summed E-state index contributed by atoms with van der Waals surface area (Å²) in [6, 6.07) is 8.29. The van der Waals surface area contributed by atoms with Crippen LogP contribution in [0.3, 0.4) is 0 Å². The molecule has 1 N–H and O–H groups in total. The summed E-state index contributed by atoms with van der Waals surface area (Å²) in [5.74, 6) is 2.45. The molecular formula is C19H29BrN6. The van der Waals surface area contributed by atoms with Crippen molar-refractivity contribution in [1.82, 2.24) is 25.0 Å². The lowest BCUT2D eigenvalue weighted by Gasteiger charge is -2.23. The van der Waals surface area contributed by atoms with Crippen molar-refractivity contribution in [3.05, 3.63) is 46.5 Å². The number of aromatic nitrogens is 3. The van der Waals surface area contributed by atoms with E-state index < -0.39 is 0 Å². The Labute approximate surface area is 164 Å². The monoisotopic (exact) mass is 420 g/mol. The van der Waals surface area contributed by atoms with E-state index in [2.05, 4.69) is 86.9 Å². The number of halogens is 1. The van der Waals surface area contributed by atoms with Crippen LogP contribution in [-0.4, -0.2) is 45.8 Å². The third kappa shape index (κ3) is 6.12. The molecule has 0 aliphatic carbocycles. The molecule has 0 aliphatic heterocycles. The summed E-state index contributed by atoms with van der Waals surface area (Å²) in [7, 11) is 2.07. The number of guanidine groups is 1. The highest BCUT2D eigenvalue weighted by Crippen LogP contribution is 2.17. The van der Waals surface area contributed by atoms with E-state index in [-0.39, 0.29) is 0 Å². The van der Waals surface area contributed by atoms with Crippen molar-refractivity contribution in [2.75, 3.05) is 20.1 Å². The summed E-state index contributed by atoms with van der Waals surface area (Å²) in [4.78, 5) is 6.95. The van der Waals surface area contributed by atoms with Crippen LogP contribution in [0.4, 0.5) is 0 Å². The van der Waals surface area contributed by atoms with Crippen LogP contribution in [0, 0.1) is 5.92 Å². The van der Waals surface area contributed by atoms with E-state index in [1.165, 1.54) is 5.56 Å². The number of aryl methyl sites for hydroxylation is 1. The molecule has 142 valence electrons. The average Bonchev–Trinajstić information content (AvgIpc) is 3.07. The molecular weight excluding hydrogens is 392 g/mol. The van der Waals surface area contributed by atoms with E-state index in [0.29, 0.717) is 5.92 Å². The maximum absolute atomic E-state index is 4.79. The van der Waals surface area contributed by atoms with Gasteiger partial charge < -0.3 is 14.8 Å². The first kappa shape index (κ1) is 20.4. The van der Waals surface area contributed by atoms with Crippen LogP contribution in [0.2, 0.25) is 0 Å². The normalized spacial score (nSPS) is 11.8. The molecule has 0 radical (unpaired) electrons.